The summed E-state index contributed by atoms with van der Waals surface area (Å²) in [5, 5.41) is 8.53. The van der Waals surface area contributed by atoms with Gasteiger partial charge in [-0.25, -0.2) is 13.8 Å². The number of rotatable bonds is 2. The molecule has 2 nitrogen and oxygen atoms in total. The number of alkyl halides is 2. The van der Waals surface area contributed by atoms with E-state index in [-0.39, 0.29) is 5.69 Å². The van der Waals surface area contributed by atoms with Gasteiger partial charge in [0.1, 0.15) is 0 Å². The Kier molecular flexibility index (Phi) is 2.65. The normalized spacial score (nSPS) is 10.8. The zero-order valence-corrected chi connectivity index (χ0v) is 5.97. The summed E-state index contributed by atoms with van der Waals surface area (Å²) in [4.78, 5) is 3.12. The molecule has 0 aliphatic carbocycles. The summed E-state index contributed by atoms with van der Waals surface area (Å²) < 4.78 is 36.5. The van der Waals surface area contributed by atoms with Gasteiger partial charge in [0.05, 0.1) is 12.3 Å². The van der Waals surface area contributed by atoms with Crippen LogP contribution in [0.4, 0.5) is 13.2 Å². The van der Waals surface area contributed by atoms with Gasteiger partial charge in [0.15, 0.2) is 0 Å². The van der Waals surface area contributed by atoms with Crippen molar-refractivity contribution in [2.75, 3.05) is 0 Å². The van der Waals surface area contributed by atoms with Gasteiger partial charge in [-0.2, -0.15) is 4.39 Å². The van der Waals surface area contributed by atoms with Gasteiger partial charge >= 0.3 is 0 Å². The largest absolute Gasteiger partial charge is 0.390 e. The molecule has 5 heteroatoms. The van der Waals surface area contributed by atoms with Crippen LogP contribution in [-0.4, -0.2) is 10.1 Å². The zero-order valence-electron chi connectivity index (χ0n) is 5.97. The molecule has 0 amide bonds. The first-order chi connectivity index (χ1) is 5.65. The van der Waals surface area contributed by atoms with Gasteiger partial charge in [0.2, 0.25) is 5.95 Å². The first-order valence-electron chi connectivity index (χ1n) is 3.19. The molecular formula is C7H6F3NO. The topological polar surface area (TPSA) is 33.1 Å². The van der Waals surface area contributed by atoms with Crippen LogP contribution < -0.4 is 0 Å². The Morgan fingerprint density at radius 3 is 2.58 bits per heavy atom. The van der Waals surface area contributed by atoms with Gasteiger partial charge in [-0.1, -0.05) is 0 Å². The van der Waals surface area contributed by atoms with Crippen molar-refractivity contribution in [3.63, 3.8) is 0 Å². The number of halogens is 3. The lowest BCUT2D eigenvalue weighted by molar-refractivity contribution is 0.145. The summed E-state index contributed by atoms with van der Waals surface area (Å²) in [5.41, 5.74) is -0.746. The highest BCUT2D eigenvalue weighted by atomic mass is 19.3. The molecule has 0 atom stereocenters. The molecule has 1 heterocycles. The van der Waals surface area contributed by atoms with E-state index in [1.165, 1.54) is 0 Å². The summed E-state index contributed by atoms with van der Waals surface area (Å²) in [6, 6.07) is 1.75. The van der Waals surface area contributed by atoms with Crippen molar-refractivity contribution in [3.8, 4) is 0 Å². The number of aromatic nitrogens is 1. The van der Waals surface area contributed by atoms with Crippen LogP contribution in [0.1, 0.15) is 17.7 Å². The van der Waals surface area contributed by atoms with Gasteiger partial charge in [-0.15, -0.1) is 0 Å². The van der Waals surface area contributed by atoms with E-state index in [9.17, 15) is 13.2 Å². The minimum atomic E-state index is -2.74. The third-order valence-electron chi connectivity index (χ3n) is 1.36. The monoisotopic (exact) mass is 177 g/mol. The highest BCUT2D eigenvalue weighted by molar-refractivity contribution is 5.20. The number of hydrogen-bond acceptors (Lipinski definition) is 2. The average Bonchev–Trinajstić information content (AvgIpc) is 2.03. The van der Waals surface area contributed by atoms with Gasteiger partial charge in [0.25, 0.3) is 6.43 Å². The standard InChI is InChI=1S/C7H6F3NO/c8-6-2-1-4(7(9)10)5(3-12)11-6/h1-2,7,12H,3H2. The Morgan fingerprint density at radius 2 is 2.08 bits per heavy atom. The number of aliphatic hydroxyl groups is 1. The van der Waals surface area contributed by atoms with E-state index in [4.69, 9.17) is 5.11 Å². The second-order valence-corrected chi connectivity index (χ2v) is 2.13. The van der Waals surface area contributed by atoms with Crippen molar-refractivity contribution >= 4 is 0 Å². The van der Waals surface area contributed by atoms with E-state index >= 15 is 0 Å². The molecule has 0 aliphatic rings. The minimum absolute atomic E-state index is 0.315. The molecule has 1 aromatic rings. The predicted molar refractivity (Wildman–Crippen MR) is 35.1 cm³/mol. The van der Waals surface area contributed by atoms with Crippen LogP contribution in [0.25, 0.3) is 0 Å². The van der Waals surface area contributed by atoms with Crippen LogP contribution >= 0.6 is 0 Å². The molecule has 12 heavy (non-hydrogen) atoms. The van der Waals surface area contributed by atoms with Gasteiger partial charge in [-0.3, -0.25) is 0 Å². The van der Waals surface area contributed by atoms with Crippen LogP contribution in [0.3, 0.4) is 0 Å². The average molecular weight is 177 g/mol. The van der Waals surface area contributed by atoms with Crippen LogP contribution in [0.5, 0.6) is 0 Å². The fourth-order valence-corrected chi connectivity index (χ4v) is 0.811. The van der Waals surface area contributed by atoms with Gasteiger partial charge in [0, 0.05) is 5.56 Å². The second-order valence-electron chi connectivity index (χ2n) is 2.13. The molecule has 0 unspecified atom stereocenters. The smallest absolute Gasteiger partial charge is 0.265 e. The summed E-state index contributed by atoms with van der Waals surface area (Å²) in [6.45, 7) is -0.683. The zero-order chi connectivity index (χ0) is 9.14. The molecule has 0 bridgehead atoms. The molecule has 1 N–H and O–H groups in total. The van der Waals surface area contributed by atoms with E-state index in [0.717, 1.165) is 12.1 Å². The first-order valence-corrected chi connectivity index (χ1v) is 3.19. The molecule has 0 radical (unpaired) electrons. The summed E-state index contributed by atoms with van der Waals surface area (Å²) in [6.07, 6.45) is -2.74. The quantitative estimate of drug-likeness (QED) is 0.696. The molecule has 0 saturated carbocycles. The second kappa shape index (κ2) is 3.53. The maximum atomic E-state index is 12.3. The van der Waals surface area contributed by atoms with Crippen LogP contribution in [-0.2, 0) is 6.61 Å². The number of aliphatic hydroxyl groups excluding tert-OH is 1. The van der Waals surface area contributed by atoms with Crippen molar-refractivity contribution in [1.29, 1.82) is 0 Å². The molecule has 66 valence electrons. The van der Waals surface area contributed by atoms with Gasteiger partial charge in [-0.05, 0) is 12.1 Å². The number of pyridine rings is 1. The van der Waals surface area contributed by atoms with E-state index in [2.05, 4.69) is 4.98 Å². The van der Waals surface area contributed by atoms with E-state index < -0.39 is 24.5 Å². The molecule has 0 fully saturated rings. The SMILES string of the molecule is OCc1nc(F)ccc1C(F)F. The Balaban J connectivity index is 3.11. The fraction of sp³-hybridized carbons (Fsp3) is 0.286. The lowest BCUT2D eigenvalue weighted by Gasteiger charge is -2.03. The Bertz CT molecular complexity index is 277. The lowest BCUT2D eigenvalue weighted by atomic mass is 10.2. The minimum Gasteiger partial charge on any atom is -0.390 e. The van der Waals surface area contributed by atoms with Crippen LogP contribution in [0.15, 0.2) is 12.1 Å². The summed E-state index contributed by atoms with van der Waals surface area (Å²) in [5.74, 6) is -0.872. The summed E-state index contributed by atoms with van der Waals surface area (Å²) >= 11 is 0. The third-order valence-corrected chi connectivity index (χ3v) is 1.36. The van der Waals surface area contributed by atoms with E-state index in [1.54, 1.807) is 0 Å². The number of hydrogen-bond donors (Lipinski definition) is 1. The van der Waals surface area contributed by atoms with Crippen molar-refractivity contribution in [1.82, 2.24) is 4.98 Å². The van der Waals surface area contributed by atoms with Crippen LogP contribution in [0, 0.1) is 5.95 Å². The molecule has 0 spiro atoms. The Morgan fingerprint density at radius 1 is 1.42 bits per heavy atom. The van der Waals surface area contributed by atoms with E-state index in [0.29, 0.717) is 0 Å². The third kappa shape index (κ3) is 1.73. The van der Waals surface area contributed by atoms with Crippen molar-refractivity contribution in [3.05, 3.63) is 29.3 Å². The molecule has 0 saturated heterocycles. The van der Waals surface area contributed by atoms with E-state index in [1.807, 2.05) is 0 Å². The highest BCUT2D eigenvalue weighted by Crippen LogP contribution is 2.21. The molecule has 0 aliphatic heterocycles. The fourth-order valence-electron chi connectivity index (χ4n) is 0.811. The van der Waals surface area contributed by atoms with Crippen molar-refractivity contribution in [2.24, 2.45) is 0 Å². The Labute approximate surface area is 66.7 Å². The predicted octanol–water partition coefficient (Wildman–Crippen LogP) is 1.65. The molecular weight excluding hydrogens is 171 g/mol. The highest BCUT2D eigenvalue weighted by Gasteiger charge is 2.13. The maximum Gasteiger partial charge on any atom is 0.265 e. The van der Waals surface area contributed by atoms with Crippen molar-refractivity contribution < 1.29 is 18.3 Å². The van der Waals surface area contributed by atoms with Crippen molar-refractivity contribution in [2.45, 2.75) is 13.0 Å². The molecule has 1 aromatic heterocycles. The van der Waals surface area contributed by atoms with Crippen LogP contribution in [0.2, 0.25) is 0 Å². The maximum absolute atomic E-state index is 12.3. The molecule has 1 rings (SSSR count). The Hall–Kier alpha value is -1.10. The first kappa shape index (κ1) is 8.99. The molecule has 0 aromatic carbocycles. The van der Waals surface area contributed by atoms with Gasteiger partial charge < -0.3 is 5.11 Å². The number of nitrogens with zero attached hydrogens (tertiary/aromatic N) is 1. The lowest BCUT2D eigenvalue weighted by Crippen LogP contribution is -1.99. The summed E-state index contributed by atoms with van der Waals surface area (Å²) in [7, 11) is 0.